The van der Waals surface area contributed by atoms with E-state index in [2.05, 4.69) is 20.8 Å². The fraction of sp³-hybridized carbons (Fsp3) is 0.867. The quantitative estimate of drug-likeness (QED) is 0.582. The van der Waals surface area contributed by atoms with Crippen molar-refractivity contribution in [2.45, 2.75) is 65.9 Å². The van der Waals surface area contributed by atoms with Crippen LogP contribution in [0, 0.1) is 11.3 Å². The number of carbonyl (C=O) groups is 2. The lowest BCUT2D eigenvalue weighted by molar-refractivity contribution is -0.163. The molecule has 2 atom stereocenters. The Balaban J connectivity index is 2.42. The molecule has 0 heterocycles. The van der Waals surface area contributed by atoms with E-state index in [0.29, 0.717) is 5.92 Å². The second-order valence-corrected chi connectivity index (χ2v) is 6.38. The van der Waals surface area contributed by atoms with Crippen LogP contribution >= 0.6 is 0 Å². The second kappa shape index (κ2) is 6.92. The summed E-state index contributed by atoms with van der Waals surface area (Å²) in [4.78, 5) is 22.6. The molecule has 0 aromatic rings. The van der Waals surface area contributed by atoms with Crippen molar-refractivity contribution in [1.82, 2.24) is 0 Å². The van der Waals surface area contributed by atoms with Gasteiger partial charge in [0, 0.05) is 6.42 Å². The van der Waals surface area contributed by atoms with Crippen molar-refractivity contribution < 1.29 is 19.1 Å². The minimum Gasteiger partial charge on any atom is -0.460 e. The van der Waals surface area contributed by atoms with Crippen LogP contribution in [0.25, 0.3) is 0 Å². The minimum absolute atomic E-state index is 0.0484. The molecule has 110 valence electrons. The van der Waals surface area contributed by atoms with Gasteiger partial charge in [0.2, 0.25) is 0 Å². The summed E-state index contributed by atoms with van der Waals surface area (Å²) < 4.78 is 10.2. The van der Waals surface area contributed by atoms with Crippen molar-refractivity contribution in [3.63, 3.8) is 0 Å². The fourth-order valence-corrected chi connectivity index (χ4v) is 2.88. The lowest BCUT2D eigenvalue weighted by Gasteiger charge is -2.27. The molecule has 0 saturated heterocycles. The van der Waals surface area contributed by atoms with E-state index in [1.165, 1.54) is 0 Å². The number of rotatable bonds is 4. The molecular weight excluding hydrogens is 244 g/mol. The molecule has 19 heavy (non-hydrogen) atoms. The molecule has 1 rings (SSSR count). The van der Waals surface area contributed by atoms with Crippen molar-refractivity contribution in [1.29, 1.82) is 0 Å². The Labute approximate surface area is 115 Å². The summed E-state index contributed by atoms with van der Waals surface area (Å²) in [6.07, 6.45) is 4.25. The van der Waals surface area contributed by atoms with Crippen LogP contribution in [-0.4, -0.2) is 24.6 Å². The van der Waals surface area contributed by atoms with Gasteiger partial charge in [0.25, 0.3) is 0 Å². The Morgan fingerprint density at radius 1 is 1.16 bits per heavy atom. The SMILES string of the molecule is CCC(=O)OCC(=O)O[C@H]1CC[C@H](C)CC(C)(C)C1. The molecule has 0 aromatic heterocycles. The number of hydrogen-bond donors (Lipinski definition) is 0. The normalized spacial score (nSPS) is 26.3. The van der Waals surface area contributed by atoms with Crippen LogP contribution in [0.1, 0.15) is 59.8 Å². The molecule has 1 aliphatic rings. The van der Waals surface area contributed by atoms with Gasteiger partial charge in [-0.25, -0.2) is 4.79 Å². The number of hydrogen-bond acceptors (Lipinski definition) is 4. The van der Waals surface area contributed by atoms with Gasteiger partial charge < -0.3 is 9.47 Å². The summed E-state index contributed by atoms with van der Waals surface area (Å²) in [7, 11) is 0. The molecule has 0 unspecified atom stereocenters. The molecule has 0 bridgehead atoms. The molecule has 0 aromatic carbocycles. The molecule has 1 saturated carbocycles. The van der Waals surface area contributed by atoms with Gasteiger partial charge in [-0.15, -0.1) is 0 Å². The Kier molecular flexibility index (Phi) is 5.83. The molecular formula is C15H26O4. The first-order valence-electron chi connectivity index (χ1n) is 7.17. The molecule has 4 nitrogen and oxygen atoms in total. The van der Waals surface area contributed by atoms with Crippen molar-refractivity contribution in [2.24, 2.45) is 11.3 Å². The highest BCUT2D eigenvalue weighted by Gasteiger charge is 2.31. The zero-order valence-electron chi connectivity index (χ0n) is 12.5. The van der Waals surface area contributed by atoms with Gasteiger partial charge in [0.1, 0.15) is 6.10 Å². The van der Waals surface area contributed by atoms with Gasteiger partial charge in [-0.2, -0.15) is 0 Å². The van der Waals surface area contributed by atoms with Gasteiger partial charge in [-0.3, -0.25) is 4.79 Å². The van der Waals surface area contributed by atoms with Gasteiger partial charge in [-0.05, 0) is 37.0 Å². The summed E-state index contributed by atoms with van der Waals surface area (Å²) >= 11 is 0. The lowest BCUT2D eigenvalue weighted by atomic mass is 9.81. The van der Waals surface area contributed by atoms with Crippen LogP contribution in [0.2, 0.25) is 0 Å². The largest absolute Gasteiger partial charge is 0.460 e. The zero-order chi connectivity index (χ0) is 14.5. The van der Waals surface area contributed by atoms with Crippen molar-refractivity contribution in [3.05, 3.63) is 0 Å². The molecule has 1 fully saturated rings. The van der Waals surface area contributed by atoms with E-state index in [-0.39, 0.29) is 30.5 Å². The third-order valence-corrected chi connectivity index (χ3v) is 3.60. The highest BCUT2D eigenvalue weighted by atomic mass is 16.6. The topological polar surface area (TPSA) is 52.6 Å². The Morgan fingerprint density at radius 3 is 2.47 bits per heavy atom. The highest BCUT2D eigenvalue weighted by molar-refractivity contribution is 5.76. The number of carbonyl (C=O) groups excluding carboxylic acids is 2. The van der Waals surface area contributed by atoms with Crippen molar-refractivity contribution in [3.8, 4) is 0 Å². The minimum atomic E-state index is -0.433. The van der Waals surface area contributed by atoms with E-state index in [0.717, 1.165) is 25.7 Å². The molecule has 0 spiro atoms. The third-order valence-electron chi connectivity index (χ3n) is 3.60. The predicted molar refractivity (Wildman–Crippen MR) is 72.5 cm³/mol. The standard InChI is InChI=1S/C15H26O4/c1-5-13(16)18-10-14(17)19-12-7-6-11(2)8-15(3,4)9-12/h11-12H,5-10H2,1-4H3/t11-,12-/m0/s1. The maximum atomic E-state index is 11.6. The van der Waals surface area contributed by atoms with E-state index in [1.807, 2.05) is 0 Å². The maximum absolute atomic E-state index is 11.6. The monoisotopic (exact) mass is 270 g/mol. The summed E-state index contributed by atoms with van der Waals surface area (Å²) in [5.74, 6) is -0.138. The molecule has 0 N–H and O–H groups in total. The first-order valence-corrected chi connectivity index (χ1v) is 7.17. The Hall–Kier alpha value is -1.06. The first-order chi connectivity index (χ1) is 8.82. The molecule has 0 amide bonds. The number of esters is 2. The summed E-state index contributed by atoms with van der Waals surface area (Å²) in [5, 5.41) is 0. The molecule has 4 heteroatoms. The van der Waals surface area contributed by atoms with Crippen LogP contribution in [0.5, 0.6) is 0 Å². The molecule has 1 aliphatic carbocycles. The Morgan fingerprint density at radius 2 is 1.84 bits per heavy atom. The lowest BCUT2D eigenvalue weighted by Crippen LogP contribution is -2.26. The van der Waals surface area contributed by atoms with Crippen LogP contribution in [-0.2, 0) is 19.1 Å². The average Bonchev–Trinajstić information content (AvgIpc) is 2.43. The van der Waals surface area contributed by atoms with Gasteiger partial charge >= 0.3 is 11.9 Å². The van der Waals surface area contributed by atoms with Crippen LogP contribution < -0.4 is 0 Å². The first kappa shape index (κ1) is 16.0. The molecule has 0 radical (unpaired) electrons. The number of ether oxygens (including phenoxy) is 2. The van der Waals surface area contributed by atoms with E-state index in [9.17, 15) is 9.59 Å². The fourth-order valence-electron chi connectivity index (χ4n) is 2.88. The zero-order valence-corrected chi connectivity index (χ0v) is 12.5. The van der Waals surface area contributed by atoms with Gasteiger partial charge in [-0.1, -0.05) is 27.7 Å². The van der Waals surface area contributed by atoms with Gasteiger partial charge in [0.05, 0.1) is 0 Å². The van der Waals surface area contributed by atoms with Gasteiger partial charge in [0.15, 0.2) is 6.61 Å². The third kappa shape index (κ3) is 6.08. The summed E-state index contributed by atoms with van der Waals surface area (Å²) in [6.45, 7) is 8.11. The average molecular weight is 270 g/mol. The van der Waals surface area contributed by atoms with E-state index < -0.39 is 5.97 Å². The second-order valence-electron chi connectivity index (χ2n) is 6.38. The summed E-state index contributed by atoms with van der Waals surface area (Å²) in [5.41, 5.74) is 0.195. The predicted octanol–water partition coefficient (Wildman–Crippen LogP) is 3.09. The van der Waals surface area contributed by atoms with Crippen LogP contribution in [0.15, 0.2) is 0 Å². The highest BCUT2D eigenvalue weighted by Crippen LogP contribution is 2.37. The van der Waals surface area contributed by atoms with Crippen molar-refractivity contribution in [2.75, 3.05) is 6.61 Å². The smallest absolute Gasteiger partial charge is 0.344 e. The molecule has 0 aliphatic heterocycles. The van der Waals surface area contributed by atoms with Crippen molar-refractivity contribution >= 4 is 11.9 Å². The van der Waals surface area contributed by atoms with Crippen LogP contribution in [0.4, 0.5) is 0 Å². The van der Waals surface area contributed by atoms with E-state index in [1.54, 1.807) is 6.92 Å². The van der Waals surface area contributed by atoms with E-state index >= 15 is 0 Å². The van der Waals surface area contributed by atoms with E-state index in [4.69, 9.17) is 9.47 Å². The Bertz CT molecular complexity index is 322. The van der Waals surface area contributed by atoms with Crippen LogP contribution in [0.3, 0.4) is 0 Å². The maximum Gasteiger partial charge on any atom is 0.344 e. The summed E-state index contributed by atoms with van der Waals surface area (Å²) in [6, 6.07) is 0.